The summed E-state index contributed by atoms with van der Waals surface area (Å²) in [4.78, 5) is 15.6. The minimum atomic E-state index is 0.216. The molecule has 1 aliphatic carbocycles. The molecule has 0 atom stereocenters. The van der Waals surface area contributed by atoms with Crippen LogP contribution in [-0.4, -0.2) is 44.4 Å². The number of hydrogen-bond acceptors (Lipinski definition) is 3. The summed E-state index contributed by atoms with van der Waals surface area (Å²) in [6.07, 6.45) is 4.55. The van der Waals surface area contributed by atoms with E-state index in [4.69, 9.17) is 11.6 Å². The topological polar surface area (TPSA) is 23.6 Å². The molecule has 1 fully saturated rings. The van der Waals surface area contributed by atoms with Crippen molar-refractivity contribution in [1.29, 1.82) is 0 Å². The molecule has 0 aromatic heterocycles. The van der Waals surface area contributed by atoms with Gasteiger partial charge in [0.05, 0.1) is 10.7 Å². The zero-order valence-electron chi connectivity index (χ0n) is 11.8. The summed E-state index contributed by atoms with van der Waals surface area (Å²) in [5.41, 5.74) is 1.71. The lowest BCUT2D eigenvalue weighted by Gasteiger charge is -2.49. The summed E-state index contributed by atoms with van der Waals surface area (Å²) < 4.78 is 0. The highest BCUT2D eigenvalue weighted by Crippen LogP contribution is 2.39. The Kier molecular flexibility index (Phi) is 4.16. The van der Waals surface area contributed by atoms with E-state index >= 15 is 0 Å². The number of rotatable bonds is 5. The molecule has 0 aliphatic heterocycles. The fourth-order valence-corrected chi connectivity index (χ4v) is 3.21. The number of likely N-dealkylation sites (N-methyl/N-ethyl adjacent to an activating group) is 2. The van der Waals surface area contributed by atoms with Gasteiger partial charge in [0.15, 0.2) is 6.29 Å². The molecule has 0 bridgehead atoms. The molecule has 1 aromatic rings. The maximum Gasteiger partial charge on any atom is 0.152 e. The van der Waals surface area contributed by atoms with Crippen LogP contribution in [-0.2, 0) is 0 Å². The maximum atomic E-state index is 11.2. The van der Waals surface area contributed by atoms with Crippen LogP contribution in [0.25, 0.3) is 0 Å². The fourth-order valence-electron chi connectivity index (χ4n) is 2.88. The van der Waals surface area contributed by atoms with Crippen LogP contribution in [0.3, 0.4) is 0 Å². The van der Waals surface area contributed by atoms with E-state index < -0.39 is 0 Å². The number of carbonyl (C=O) groups excluding carboxylic acids is 1. The van der Waals surface area contributed by atoms with E-state index in [-0.39, 0.29) is 5.54 Å². The summed E-state index contributed by atoms with van der Waals surface area (Å²) in [7, 11) is 6.26. The van der Waals surface area contributed by atoms with Crippen LogP contribution in [0, 0.1) is 0 Å². The van der Waals surface area contributed by atoms with Crippen LogP contribution in [0.4, 0.5) is 5.69 Å². The van der Waals surface area contributed by atoms with Crippen molar-refractivity contribution in [2.24, 2.45) is 0 Å². The molecule has 0 heterocycles. The molecule has 4 heteroatoms. The van der Waals surface area contributed by atoms with Crippen LogP contribution in [0.2, 0.25) is 5.02 Å². The molecular formula is C15H21ClN2O. The molecule has 1 saturated carbocycles. The number of hydrogen-bond donors (Lipinski definition) is 0. The number of para-hydroxylation sites is 1. The maximum absolute atomic E-state index is 11.2. The first-order valence-electron chi connectivity index (χ1n) is 6.62. The number of anilines is 1. The molecular weight excluding hydrogens is 260 g/mol. The monoisotopic (exact) mass is 280 g/mol. The van der Waals surface area contributed by atoms with Crippen molar-refractivity contribution in [2.45, 2.75) is 24.8 Å². The molecule has 0 spiro atoms. The van der Waals surface area contributed by atoms with E-state index in [1.54, 1.807) is 0 Å². The number of carbonyl (C=O) groups is 1. The van der Waals surface area contributed by atoms with Crippen molar-refractivity contribution >= 4 is 23.6 Å². The molecule has 1 aromatic carbocycles. The van der Waals surface area contributed by atoms with E-state index in [0.29, 0.717) is 10.6 Å². The van der Waals surface area contributed by atoms with Crippen molar-refractivity contribution in [3.63, 3.8) is 0 Å². The zero-order chi connectivity index (χ0) is 14.0. The van der Waals surface area contributed by atoms with E-state index in [0.717, 1.165) is 18.5 Å². The van der Waals surface area contributed by atoms with Gasteiger partial charge >= 0.3 is 0 Å². The van der Waals surface area contributed by atoms with Crippen molar-refractivity contribution in [2.75, 3.05) is 32.6 Å². The van der Waals surface area contributed by atoms with Gasteiger partial charge in [0.2, 0.25) is 0 Å². The lowest BCUT2D eigenvalue weighted by molar-refractivity contribution is 0.0683. The molecule has 2 rings (SSSR count). The van der Waals surface area contributed by atoms with Crippen LogP contribution in [0.1, 0.15) is 29.6 Å². The summed E-state index contributed by atoms with van der Waals surface area (Å²) in [6.45, 7) is 0.893. The van der Waals surface area contributed by atoms with Gasteiger partial charge in [-0.25, -0.2) is 0 Å². The number of halogens is 1. The SMILES string of the molecule is CN(CC1(N(C)C)CCC1)c1c(Cl)cccc1C=O. The number of nitrogens with zero attached hydrogens (tertiary/aromatic N) is 2. The minimum Gasteiger partial charge on any atom is -0.371 e. The van der Waals surface area contributed by atoms with E-state index in [1.807, 2.05) is 25.2 Å². The Morgan fingerprint density at radius 3 is 2.47 bits per heavy atom. The lowest BCUT2D eigenvalue weighted by atomic mass is 9.75. The molecule has 1 aliphatic rings. The molecule has 19 heavy (non-hydrogen) atoms. The smallest absolute Gasteiger partial charge is 0.152 e. The van der Waals surface area contributed by atoms with Gasteiger partial charge in [-0.05, 0) is 45.5 Å². The quantitative estimate of drug-likeness (QED) is 0.775. The molecule has 0 radical (unpaired) electrons. The summed E-state index contributed by atoms with van der Waals surface area (Å²) in [6, 6.07) is 5.46. The Labute approximate surface area is 120 Å². The third-order valence-corrected chi connectivity index (χ3v) is 4.60. The molecule has 0 saturated heterocycles. The third kappa shape index (κ3) is 2.63. The van der Waals surface area contributed by atoms with Crippen LogP contribution < -0.4 is 4.90 Å². The Hall–Kier alpha value is -1.06. The van der Waals surface area contributed by atoms with Crippen molar-refractivity contribution in [3.05, 3.63) is 28.8 Å². The molecule has 0 unspecified atom stereocenters. The van der Waals surface area contributed by atoms with Gasteiger partial charge in [0, 0.05) is 24.7 Å². The third-order valence-electron chi connectivity index (χ3n) is 4.29. The van der Waals surface area contributed by atoms with E-state index in [2.05, 4.69) is 23.9 Å². The Morgan fingerprint density at radius 2 is 2.00 bits per heavy atom. The van der Waals surface area contributed by atoms with Gasteiger partial charge in [-0.1, -0.05) is 17.7 Å². The fraction of sp³-hybridized carbons (Fsp3) is 0.533. The average molecular weight is 281 g/mol. The highest BCUT2D eigenvalue weighted by atomic mass is 35.5. The second-order valence-corrected chi connectivity index (χ2v) is 6.03. The lowest BCUT2D eigenvalue weighted by Crippen LogP contribution is -2.56. The van der Waals surface area contributed by atoms with Gasteiger partial charge < -0.3 is 9.80 Å². The predicted molar refractivity (Wildman–Crippen MR) is 80.4 cm³/mol. The largest absolute Gasteiger partial charge is 0.371 e. The van der Waals surface area contributed by atoms with E-state index in [9.17, 15) is 4.79 Å². The highest BCUT2D eigenvalue weighted by molar-refractivity contribution is 6.33. The highest BCUT2D eigenvalue weighted by Gasteiger charge is 2.40. The van der Waals surface area contributed by atoms with Crippen molar-refractivity contribution in [1.82, 2.24) is 4.90 Å². The van der Waals surface area contributed by atoms with Gasteiger partial charge in [0.1, 0.15) is 0 Å². The second kappa shape index (κ2) is 5.51. The molecule has 0 amide bonds. The predicted octanol–water partition coefficient (Wildman–Crippen LogP) is 3.07. The Balaban J connectivity index is 2.25. The second-order valence-electron chi connectivity index (χ2n) is 5.62. The average Bonchev–Trinajstić information content (AvgIpc) is 2.32. The van der Waals surface area contributed by atoms with Crippen LogP contribution >= 0.6 is 11.6 Å². The standard InChI is InChI=1S/C15H21ClN2O/c1-17(2)15(8-5-9-15)11-18(3)14-12(10-19)6-4-7-13(14)16/h4,6-7,10H,5,8-9,11H2,1-3H3. The normalized spacial score (nSPS) is 17.1. The molecule has 0 N–H and O–H groups in total. The molecule has 104 valence electrons. The van der Waals surface area contributed by atoms with Gasteiger partial charge in [-0.3, -0.25) is 4.79 Å². The van der Waals surface area contributed by atoms with Gasteiger partial charge in [-0.2, -0.15) is 0 Å². The van der Waals surface area contributed by atoms with Gasteiger partial charge in [-0.15, -0.1) is 0 Å². The Bertz CT molecular complexity index is 469. The van der Waals surface area contributed by atoms with Crippen LogP contribution in [0.15, 0.2) is 18.2 Å². The zero-order valence-corrected chi connectivity index (χ0v) is 12.6. The first-order valence-corrected chi connectivity index (χ1v) is 7.00. The number of benzene rings is 1. The van der Waals surface area contributed by atoms with Gasteiger partial charge in [0.25, 0.3) is 0 Å². The van der Waals surface area contributed by atoms with Crippen molar-refractivity contribution < 1.29 is 4.79 Å². The van der Waals surface area contributed by atoms with Crippen molar-refractivity contribution in [3.8, 4) is 0 Å². The minimum absolute atomic E-state index is 0.216. The molecule has 3 nitrogen and oxygen atoms in total. The van der Waals surface area contributed by atoms with Crippen LogP contribution in [0.5, 0.6) is 0 Å². The number of aldehydes is 1. The summed E-state index contributed by atoms with van der Waals surface area (Å²) in [5.74, 6) is 0. The first-order chi connectivity index (χ1) is 9.00. The summed E-state index contributed by atoms with van der Waals surface area (Å²) >= 11 is 6.26. The first kappa shape index (κ1) is 14.4. The Morgan fingerprint density at radius 1 is 1.32 bits per heavy atom. The van der Waals surface area contributed by atoms with E-state index in [1.165, 1.54) is 19.3 Å². The summed E-state index contributed by atoms with van der Waals surface area (Å²) in [5, 5.41) is 0.639.